The number of amides is 1. The number of rotatable bonds is 1. The van der Waals surface area contributed by atoms with E-state index >= 15 is 0 Å². The van der Waals surface area contributed by atoms with E-state index in [1.807, 2.05) is 12.1 Å². The smallest absolute Gasteiger partial charge is 0.409 e. The van der Waals surface area contributed by atoms with E-state index in [4.69, 9.17) is 4.74 Å². The number of benzene rings is 1. The van der Waals surface area contributed by atoms with Gasteiger partial charge in [-0.3, -0.25) is 0 Å². The number of carbonyl (C=O) groups excluding carboxylic acids is 1. The normalized spacial score (nSPS) is 18.8. The number of hydrogen-bond donors (Lipinski definition) is 0. The number of carbonyl (C=O) groups is 1. The molecule has 1 amide bonds. The summed E-state index contributed by atoms with van der Waals surface area (Å²) in [5, 5.41) is 0. The van der Waals surface area contributed by atoms with Gasteiger partial charge in [0.1, 0.15) is 6.10 Å². The maximum absolute atomic E-state index is 11.4. The molecule has 1 atom stereocenters. The Balaban J connectivity index is 2.00. The molecule has 1 aliphatic rings. The fraction of sp³-hybridized carbons (Fsp3) is 0.417. The van der Waals surface area contributed by atoms with E-state index in [0.717, 1.165) is 12.2 Å². The predicted octanol–water partition coefficient (Wildman–Crippen LogP) is 2.40. The molecule has 0 spiro atoms. The van der Waals surface area contributed by atoms with Gasteiger partial charge in [0.05, 0.1) is 0 Å². The molecule has 0 N–H and O–H groups in total. The number of fused-ring (bicyclic) bond motifs is 1. The van der Waals surface area contributed by atoms with Crippen molar-refractivity contribution in [3.8, 4) is 0 Å². The van der Waals surface area contributed by atoms with Gasteiger partial charge >= 0.3 is 6.09 Å². The molecule has 1 heterocycles. The van der Waals surface area contributed by atoms with Crippen LogP contribution in [0.5, 0.6) is 0 Å². The third-order valence-corrected chi connectivity index (χ3v) is 3.73. The van der Waals surface area contributed by atoms with Crippen molar-refractivity contribution in [3.05, 3.63) is 29.8 Å². The zero-order chi connectivity index (χ0) is 11.5. The monoisotopic (exact) mass is 237 g/mol. The highest BCUT2D eigenvalue weighted by Gasteiger charge is 2.22. The van der Waals surface area contributed by atoms with Crippen LogP contribution in [0.25, 0.3) is 0 Å². The molecule has 1 aliphatic heterocycles. The van der Waals surface area contributed by atoms with Crippen LogP contribution in [0.2, 0.25) is 0 Å². The number of nitrogens with zero attached hydrogens (tertiary/aromatic N) is 1. The van der Waals surface area contributed by atoms with Gasteiger partial charge in [-0.25, -0.2) is 4.79 Å². The minimum Gasteiger partial charge on any atom is -0.445 e. The van der Waals surface area contributed by atoms with Gasteiger partial charge in [-0.2, -0.15) is 0 Å². The van der Waals surface area contributed by atoms with E-state index in [1.165, 1.54) is 15.4 Å². The van der Waals surface area contributed by atoms with Crippen LogP contribution in [0.4, 0.5) is 4.79 Å². The first-order chi connectivity index (χ1) is 7.66. The summed E-state index contributed by atoms with van der Waals surface area (Å²) in [6.07, 6.45) is 0.558. The average Bonchev–Trinajstić information content (AvgIpc) is 2.28. The van der Waals surface area contributed by atoms with E-state index in [9.17, 15) is 4.79 Å². The van der Waals surface area contributed by atoms with Crippen molar-refractivity contribution in [3.63, 3.8) is 0 Å². The van der Waals surface area contributed by atoms with E-state index < -0.39 is 0 Å². The van der Waals surface area contributed by atoms with Crippen molar-refractivity contribution in [2.75, 3.05) is 19.8 Å². The zero-order valence-corrected chi connectivity index (χ0v) is 10.3. The van der Waals surface area contributed by atoms with Crippen molar-refractivity contribution < 1.29 is 9.53 Å². The molecule has 3 nitrogen and oxygen atoms in total. The van der Waals surface area contributed by atoms with Crippen LogP contribution in [0.15, 0.2) is 29.2 Å². The van der Waals surface area contributed by atoms with E-state index in [0.29, 0.717) is 0 Å². The molecule has 4 heteroatoms. The largest absolute Gasteiger partial charge is 0.445 e. The first kappa shape index (κ1) is 11.3. The third kappa shape index (κ3) is 2.50. The van der Waals surface area contributed by atoms with Crippen LogP contribution < -0.4 is 0 Å². The van der Waals surface area contributed by atoms with Gasteiger partial charge in [-0.1, -0.05) is 18.2 Å². The Morgan fingerprint density at radius 3 is 2.94 bits per heavy atom. The molecule has 0 aliphatic carbocycles. The van der Waals surface area contributed by atoms with Gasteiger partial charge in [-0.15, -0.1) is 11.8 Å². The fourth-order valence-electron chi connectivity index (χ4n) is 1.62. The lowest BCUT2D eigenvalue weighted by Crippen LogP contribution is -2.31. The maximum atomic E-state index is 11.4. The van der Waals surface area contributed by atoms with E-state index in [-0.39, 0.29) is 12.2 Å². The van der Waals surface area contributed by atoms with Crippen LogP contribution in [0.3, 0.4) is 0 Å². The summed E-state index contributed by atoms with van der Waals surface area (Å²) in [5.74, 6) is 0.844. The first-order valence-corrected chi connectivity index (χ1v) is 6.24. The van der Waals surface area contributed by atoms with Gasteiger partial charge in [0.15, 0.2) is 0 Å². The van der Waals surface area contributed by atoms with E-state index in [1.54, 1.807) is 25.9 Å². The second-order valence-corrected chi connectivity index (χ2v) is 5.08. The molecule has 1 aromatic rings. The van der Waals surface area contributed by atoms with Gasteiger partial charge in [-0.05, 0) is 11.6 Å². The van der Waals surface area contributed by atoms with Crippen molar-refractivity contribution in [2.45, 2.75) is 17.4 Å². The molecular weight excluding hydrogens is 222 g/mol. The molecule has 0 bridgehead atoms. The van der Waals surface area contributed by atoms with Crippen molar-refractivity contribution >= 4 is 17.9 Å². The number of ether oxygens (including phenoxy) is 1. The van der Waals surface area contributed by atoms with Crippen LogP contribution in [-0.2, 0) is 11.2 Å². The summed E-state index contributed by atoms with van der Waals surface area (Å²) >= 11 is 1.75. The second kappa shape index (κ2) is 4.78. The lowest BCUT2D eigenvalue weighted by molar-refractivity contribution is 0.0838. The molecular formula is C12H15NO2S. The highest BCUT2D eigenvalue weighted by Crippen LogP contribution is 2.30. The van der Waals surface area contributed by atoms with Gasteiger partial charge in [0.2, 0.25) is 0 Å². The van der Waals surface area contributed by atoms with Crippen molar-refractivity contribution in [2.24, 2.45) is 0 Å². The van der Waals surface area contributed by atoms with Crippen LogP contribution in [0.1, 0.15) is 5.56 Å². The van der Waals surface area contributed by atoms with Gasteiger partial charge in [0.25, 0.3) is 0 Å². The Kier molecular flexibility index (Phi) is 3.39. The predicted molar refractivity (Wildman–Crippen MR) is 64.8 cm³/mol. The SMILES string of the molecule is CN(C)C(=O)OC1CSc2ccccc2C1. The van der Waals surface area contributed by atoms with Crippen LogP contribution >= 0.6 is 11.8 Å². The first-order valence-electron chi connectivity index (χ1n) is 5.25. The van der Waals surface area contributed by atoms with E-state index in [2.05, 4.69) is 12.1 Å². The number of thioether (sulfide) groups is 1. The third-order valence-electron chi connectivity index (χ3n) is 2.48. The molecule has 1 aromatic carbocycles. The quantitative estimate of drug-likeness (QED) is 0.751. The van der Waals surface area contributed by atoms with Crippen molar-refractivity contribution in [1.29, 1.82) is 0 Å². The second-order valence-electron chi connectivity index (χ2n) is 4.02. The Hall–Kier alpha value is -1.16. The molecule has 0 saturated heterocycles. The fourth-order valence-corrected chi connectivity index (χ4v) is 2.69. The summed E-state index contributed by atoms with van der Waals surface area (Å²) in [4.78, 5) is 14.2. The summed E-state index contributed by atoms with van der Waals surface area (Å²) < 4.78 is 5.38. The summed E-state index contributed by atoms with van der Waals surface area (Å²) in [7, 11) is 3.40. The summed E-state index contributed by atoms with van der Waals surface area (Å²) in [6, 6.07) is 8.27. The Morgan fingerprint density at radius 2 is 2.19 bits per heavy atom. The molecule has 0 fully saturated rings. The molecule has 2 rings (SSSR count). The Bertz CT molecular complexity index is 392. The highest BCUT2D eigenvalue weighted by atomic mass is 32.2. The minimum atomic E-state index is -0.259. The lowest BCUT2D eigenvalue weighted by atomic mass is 10.1. The topological polar surface area (TPSA) is 29.5 Å². The zero-order valence-electron chi connectivity index (χ0n) is 9.47. The molecule has 0 saturated carbocycles. The van der Waals surface area contributed by atoms with Gasteiger partial charge in [0, 0.05) is 31.2 Å². The maximum Gasteiger partial charge on any atom is 0.409 e. The minimum absolute atomic E-state index is 0.00481. The van der Waals surface area contributed by atoms with Gasteiger partial charge < -0.3 is 9.64 Å². The Morgan fingerprint density at radius 1 is 1.44 bits per heavy atom. The molecule has 0 aromatic heterocycles. The Labute approximate surface area is 99.8 Å². The highest BCUT2D eigenvalue weighted by molar-refractivity contribution is 7.99. The molecule has 1 unspecified atom stereocenters. The molecule has 0 radical (unpaired) electrons. The summed E-state index contributed by atoms with van der Waals surface area (Å²) in [6.45, 7) is 0. The number of hydrogen-bond acceptors (Lipinski definition) is 3. The van der Waals surface area contributed by atoms with Crippen molar-refractivity contribution in [1.82, 2.24) is 4.90 Å². The molecule has 86 valence electrons. The standard InChI is InChI=1S/C12H15NO2S/c1-13(2)12(14)15-10-7-9-5-3-4-6-11(9)16-8-10/h3-6,10H,7-8H2,1-2H3. The summed E-state index contributed by atoms with van der Waals surface area (Å²) in [5.41, 5.74) is 1.27. The van der Waals surface area contributed by atoms with Crippen LogP contribution in [-0.4, -0.2) is 36.9 Å². The average molecular weight is 237 g/mol. The molecule has 16 heavy (non-hydrogen) atoms. The van der Waals surface area contributed by atoms with Crippen LogP contribution in [0, 0.1) is 0 Å². The lowest BCUT2D eigenvalue weighted by Gasteiger charge is -2.25.